The molecule has 7 heteroatoms. The highest BCUT2D eigenvalue weighted by atomic mass is 16.4. The SMILES string of the molecule is C[C@H](CCC(=O)N1CCC[C@H]1C(=O)O)[C@H]1CC[C@H]2[C@@H]3[C@H](O)C(O)[C@H]4C[C@H](O)CC[C@]4(C)[C@H]3CC[C@]12C. The summed E-state index contributed by atoms with van der Waals surface area (Å²) in [5.41, 5.74) is 0.0509. The predicted molar refractivity (Wildman–Crippen MR) is 135 cm³/mol. The molecule has 36 heavy (non-hydrogen) atoms. The number of likely N-dealkylation sites (tertiary alicyclic amines) is 1. The van der Waals surface area contributed by atoms with E-state index < -0.39 is 24.2 Å². The number of carbonyl (C=O) groups is 2. The number of carboxylic acid groups (broad SMARTS) is 1. The van der Waals surface area contributed by atoms with Crippen molar-refractivity contribution in [2.75, 3.05) is 6.54 Å². The van der Waals surface area contributed by atoms with Gasteiger partial charge in [0.1, 0.15) is 6.04 Å². The highest BCUT2D eigenvalue weighted by Gasteiger charge is 2.65. The van der Waals surface area contributed by atoms with Gasteiger partial charge in [-0.15, -0.1) is 0 Å². The number of carbonyl (C=O) groups excluding carboxylic acids is 1. The third kappa shape index (κ3) is 4.03. The van der Waals surface area contributed by atoms with Crippen LogP contribution in [0.1, 0.15) is 91.4 Å². The molecule has 1 amide bonds. The molecule has 1 unspecified atom stereocenters. The Kier molecular flexibility index (Phi) is 7.00. The van der Waals surface area contributed by atoms with Crippen LogP contribution in [0.25, 0.3) is 0 Å². The van der Waals surface area contributed by atoms with E-state index in [9.17, 15) is 30.0 Å². The third-order valence-electron chi connectivity index (χ3n) is 12.2. The van der Waals surface area contributed by atoms with Crippen molar-refractivity contribution in [1.29, 1.82) is 0 Å². The molecule has 4 aliphatic carbocycles. The van der Waals surface area contributed by atoms with E-state index in [1.165, 1.54) is 0 Å². The molecular formula is C29H47NO6. The molecule has 0 aromatic heterocycles. The van der Waals surface area contributed by atoms with Gasteiger partial charge in [-0.3, -0.25) is 4.79 Å². The lowest BCUT2D eigenvalue weighted by molar-refractivity contribution is -0.223. The first kappa shape index (κ1) is 26.4. The molecular weight excluding hydrogens is 458 g/mol. The second kappa shape index (κ2) is 9.53. The first-order chi connectivity index (χ1) is 17.0. The first-order valence-electron chi connectivity index (χ1n) is 14.6. The maximum atomic E-state index is 12.9. The summed E-state index contributed by atoms with van der Waals surface area (Å²) in [6, 6.07) is -0.665. The fraction of sp³-hybridized carbons (Fsp3) is 0.931. The van der Waals surface area contributed by atoms with Crippen LogP contribution in [0.3, 0.4) is 0 Å². The van der Waals surface area contributed by atoms with Crippen molar-refractivity contribution in [3.8, 4) is 0 Å². The van der Waals surface area contributed by atoms with Crippen LogP contribution in [0.4, 0.5) is 0 Å². The zero-order valence-corrected chi connectivity index (χ0v) is 22.3. The number of nitrogens with zero attached hydrogens (tertiary/aromatic N) is 1. The highest BCUT2D eigenvalue weighted by Crippen LogP contribution is 2.68. The van der Waals surface area contributed by atoms with Gasteiger partial charge in [-0.2, -0.15) is 0 Å². The highest BCUT2D eigenvalue weighted by molar-refractivity contribution is 5.84. The van der Waals surface area contributed by atoms with E-state index >= 15 is 0 Å². The first-order valence-corrected chi connectivity index (χ1v) is 14.6. The average Bonchev–Trinajstić information content (AvgIpc) is 3.46. The van der Waals surface area contributed by atoms with Gasteiger partial charge in [-0.1, -0.05) is 20.8 Å². The van der Waals surface area contributed by atoms with Crippen LogP contribution in [0.5, 0.6) is 0 Å². The molecule has 12 atom stereocenters. The Hall–Kier alpha value is -1.18. The molecule has 0 radical (unpaired) electrons. The summed E-state index contributed by atoms with van der Waals surface area (Å²) >= 11 is 0. The van der Waals surface area contributed by atoms with Gasteiger partial charge in [0.25, 0.3) is 0 Å². The summed E-state index contributed by atoms with van der Waals surface area (Å²) in [6.07, 6.45) is 7.21. The number of aliphatic carboxylic acids is 1. The average molecular weight is 506 g/mol. The van der Waals surface area contributed by atoms with E-state index in [2.05, 4.69) is 20.8 Å². The Bertz CT molecular complexity index is 865. The minimum Gasteiger partial charge on any atom is -0.480 e. The molecule has 1 saturated heterocycles. The van der Waals surface area contributed by atoms with Crippen molar-refractivity contribution < 1.29 is 30.0 Å². The molecule has 5 rings (SSSR count). The number of rotatable bonds is 5. The molecule has 1 aliphatic heterocycles. The lowest BCUT2D eigenvalue weighted by Gasteiger charge is -2.63. The second-order valence-electron chi connectivity index (χ2n) is 13.6. The summed E-state index contributed by atoms with van der Waals surface area (Å²) in [5, 5.41) is 42.4. The number of carboxylic acids is 1. The molecule has 0 bridgehead atoms. The van der Waals surface area contributed by atoms with Crippen LogP contribution in [0.2, 0.25) is 0 Å². The standard InChI is InChI=1S/C29H47NO6/c1-16(6-9-23(32)30-14-4-5-22(30)27(35)36)18-7-8-19-24-20(11-13-28(18,19)2)29(3)12-10-17(31)15-21(29)25(33)26(24)34/h16-22,24-26,31,33-34H,4-15H2,1-3H3,(H,35,36)/t16-,17-,18-,19+,20+,21-,22+,24+,25?,26+,28-,29-/m1/s1. The van der Waals surface area contributed by atoms with Gasteiger partial charge >= 0.3 is 5.97 Å². The van der Waals surface area contributed by atoms with Crippen molar-refractivity contribution in [1.82, 2.24) is 4.90 Å². The maximum absolute atomic E-state index is 12.9. The molecule has 0 aromatic carbocycles. The Morgan fingerprint density at radius 3 is 2.33 bits per heavy atom. The summed E-state index contributed by atoms with van der Waals surface area (Å²) in [6.45, 7) is 7.50. The number of amides is 1. The van der Waals surface area contributed by atoms with E-state index in [4.69, 9.17) is 0 Å². The predicted octanol–water partition coefficient (Wildman–Crippen LogP) is 3.44. The van der Waals surface area contributed by atoms with Crippen molar-refractivity contribution in [2.45, 2.75) is 116 Å². The van der Waals surface area contributed by atoms with Gasteiger partial charge in [0, 0.05) is 13.0 Å². The van der Waals surface area contributed by atoms with E-state index in [0.29, 0.717) is 49.5 Å². The van der Waals surface area contributed by atoms with Crippen LogP contribution in [0.15, 0.2) is 0 Å². The topological polar surface area (TPSA) is 118 Å². The minimum atomic E-state index is -0.895. The van der Waals surface area contributed by atoms with Crippen molar-refractivity contribution in [3.05, 3.63) is 0 Å². The number of hydrogen-bond acceptors (Lipinski definition) is 5. The Morgan fingerprint density at radius 1 is 0.917 bits per heavy atom. The van der Waals surface area contributed by atoms with Gasteiger partial charge in [0.05, 0.1) is 18.3 Å². The smallest absolute Gasteiger partial charge is 0.326 e. The summed E-state index contributed by atoms with van der Waals surface area (Å²) in [4.78, 5) is 26.0. The van der Waals surface area contributed by atoms with Gasteiger partial charge < -0.3 is 25.3 Å². The van der Waals surface area contributed by atoms with Gasteiger partial charge in [0.2, 0.25) is 5.91 Å². The lowest BCUT2D eigenvalue weighted by atomic mass is 9.43. The molecule has 5 fully saturated rings. The van der Waals surface area contributed by atoms with Gasteiger partial charge in [-0.05, 0) is 111 Å². The van der Waals surface area contributed by atoms with E-state index in [0.717, 1.165) is 51.4 Å². The van der Waals surface area contributed by atoms with E-state index in [-0.39, 0.29) is 34.7 Å². The molecule has 5 aliphatic rings. The fourth-order valence-corrected chi connectivity index (χ4v) is 10.2. The van der Waals surface area contributed by atoms with Gasteiger partial charge in [0.15, 0.2) is 0 Å². The van der Waals surface area contributed by atoms with Crippen molar-refractivity contribution in [3.63, 3.8) is 0 Å². The number of fused-ring (bicyclic) bond motifs is 5. The number of aliphatic hydroxyl groups excluding tert-OH is 3. The quantitative estimate of drug-likeness (QED) is 0.455. The van der Waals surface area contributed by atoms with Crippen LogP contribution in [0, 0.1) is 46.3 Å². The van der Waals surface area contributed by atoms with Crippen LogP contribution < -0.4 is 0 Å². The minimum absolute atomic E-state index is 0.0283. The van der Waals surface area contributed by atoms with E-state index in [1.54, 1.807) is 4.90 Å². The molecule has 7 nitrogen and oxygen atoms in total. The largest absolute Gasteiger partial charge is 0.480 e. The zero-order valence-electron chi connectivity index (χ0n) is 22.3. The van der Waals surface area contributed by atoms with Crippen molar-refractivity contribution in [2.24, 2.45) is 46.3 Å². The summed E-state index contributed by atoms with van der Waals surface area (Å²) in [7, 11) is 0. The monoisotopic (exact) mass is 505 g/mol. The Labute approximate surface area is 215 Å². The molecule has 204 valence electrons. The second-order valence-corrected chi connectivity index (χ2v) is 13.6. The van der Waals surface area contributed by atoms with Crippen LogP contribution in [-0.4, -0.2) is 68.1 Å². The Balaban J connectivity index is 1.28. The molecule has 4 N–H and O–H groups in total. The number of aliphatic hydroxyl groups is 3. The van der Waals surface area contributed by atoms with Crippen LogP contribution >= 0.6 is 0 Å². The normalized spacial score (nSPS) is 49.2. The van der Waals surface area contributed by atoms with E-state index in [1.807, 2.05) is 0 Å². The molecule has 0 aromatic rings. The summed E-state index contributed by atoms with van der Waals surface area (Å²) < 4.78 is 0. The molecule has 4 saturated carbocycles. The fourth-order valence-electron chi connectivity index (χ4n) is 10.2. The number of hydrogen-bond donors (Lipinski definition) is 4. The third-order valence-corrected chi connectivity index (χ3v) is 12.2. The van der Waals surface area contributed by atoms with Crippen molar-refractivity contribution >= 4 is 11.9 Å². The van der Waals surface area contributed by atoms with Crippen LogP contribution in [-0.2, 0) is 9.59 Å². The molecule has 1 heterocycles. The summed E-state index contributed by atoms with van der Waals surface area (Å²) in [5.74, 6) is 0.694. The Morgan fingerprint density at radius 2 is 1.61 bits per heavy atom. The lowest BCUT2D eigenvalue weighted by Crippen LogP contribution is -2.64. The maximum Gasteiger partial charge on any atom is 0.326 e. The molecule has 0 spiro atoms. The zero-order chi connectivity index (χ0) is 26.0. The van der Waals surface area contributed by atoms with Gasteiger partial charge in [-0.25, -0.2) is 4.79 Å².